The van der Waals surface area contributed by atoms with Gasteiger partial charge in [-0.2, -0.15) is 0 Å². The topological polar surface area (TPSA) is 61.8 Å². The summed E-state index contributed by atoms with van der Waals surface area (Å²) in [6.45, 7) is 5.16. The molecule has 0 spiro atoms. The molecule has 4 nitrogen and oxygen atoms in total. The highest BCUT2D eigenvalue weighted by Crippen LogP contribution is 2.29. The summed E-state index contributed by atoms with van der Waals surface area (Å²) in [5.74, 6) is 1.34. The van der Waals surface area contributed by atoms with Crippen LogP contribution in [0.25, 0.3) is 0 Å². The van der Waals surface area contributed by atoms with Crippen LogP contribution in [0.2, 0.25) is 0 Å². The van der Waals surface area contributed by atoms with E-state index >= 15 is 0 Å². The number of amidine groups is 1. The maximum absolute atomic E-state index is 8.65. The number of hydrogen-bond donors (Lipinski definition) is 2. The van der Waals surface area contributed by atoms with Crippen LogP contribution in [-0.2, 0) is 0 Å². The molecule has 0 heterocycles. The van der Waals surface area contributed by atoms with Gasteiger partial charge in [-0.25, -0.2) is 0 Å². The van der Waals surface area contributed by atoms with Crippen LogP contribution >= 0.6 is 0 Å². The average Bonchev–Trinajstić information content (AvgIpc) is 2.37. The molecule has 0 aromatic rings. The third-order valence-electron chi connectivity index (χ3n) is 4.14. The van der Waals surface area contributed by atoms with Crippen LogP contribution in [0.3, 0.4) is 0 Å². The molecular weight excluding hydrogens is 214 g/mol. The van der Waals surface area contributed by atoms with Gasteiger partial charge in [0, 0.05) is 18.5 Å². The molecule has 0 aromatic carbocycles. The van der Waals surface area contributed by atoms with Crippen LogP contribution in [0, 0.1) is 11.8 Å². The van der Waals surface area contributed by atoms with E-state index in [0.29, 0.717) is 11.9 Å². The summed E-state index contributed by atoms with van der Waals surface area (Å²) in [6, 6.07) is 0.669. The lowest BCUT2D eigenvalue weighted by molar-refractivity contribution is 0.148. The number of rotatable bonds is 5. The second kappa shape index (κ2) is 6.84. The van der Waals surface area contributed by atoms with Gasteiger partial charge in [0.25, 0.3) is 0 Å². The fourth-order valence-corrected chi connectivity index (χ4v) is 2.81. The Morgan fingerprint density at radius 2 is 2.24 bits per heavy atom. The minimum absolute atomic E-state index is 0.118. The first-order valence-electron chi connectivity index (χ1n) is 6.76. The third-order valence-corrected chi connectivity index (χ3v) is 4.14. The van der Waals surface area contributed by atoms with Gasteiger partial charge < -0.3 is 15.8 Å². The lowest BCUT2D eigenvalue weighted by atomic mass is 9.83. The van der Waals surface area contributed by atoms with Crippen molar-refractivity contribution in [3.8, 4) is 0 Å². The Balaban J connectivity index is 2.43. The minimum atomic E-state index is 0.118. The van der Waals surface area contributed by atoms with E-state index in [0.717, 1.165) is 12.5 Å². The number of oxime groups is 1. The molecule has 3 N–H and O–H groups in total. The lowest BCUT2D eigenvalue weighted by Crippen LogP contribution is -2.41. The van der Waals surface area contributed by atoms with E-state index in [-0.39, 0.29) is 5.92 Å². The van der Waals surface area contributed by atoms with Gasteiger partial charge in [0.15, 0.2) is 0 Å². The van der Waals surface area contributed by atoms with E-state index in [1.165, 1.54) is 32.1 Å². The second-order valence-electron chi connectivity index (χ2n) is 5.46. The Morgan fingerprint density at radius 1 is 1.53 bits per heavy atom. The quantitative estimate of drug-likeness (QED) is 0.336. The normalized spacial score (nSPS) is 28.4. The Morgan fingerprint density at radius 3 is 2.82 bits per heavy atom. The molecule has 3 unspecified atom stereocenters. The van der Waals surface area contributed by atoms with Gasteiger partial charge in [0.1, 0.15) is 5.84 Å². The fraction of sp³-hybridized carbons (Fsp3) is 0.923. The van der Waals surface area contributed by atoms with E-state index in [1.807, 2.05) is 6.92 Å². The molecule has 1 rings (SSSR count). The Hall–Kier alpha value is -0.770. The fourth-order valence-electron chi connectivity index (χ4n) is 2.81. The standard InChI is InChI=1S/C13H27N3O/c1-4-11-6-5-7-12(8-11)16(3)9-10(2)13(14)15-17/h10-12,17H,4-9H2,1-3H3,(H2,14,15). The first-order valence-corrected chi connectivity index (χ1v) is 6.76. The van der Waals surface area contributed by atoms with Crippen molar-refractivity contribution in [2.75, 3.05) is 13.6 Å². The molecule has 100 valence electrons. The van der Waals surface area contributed by atoms with E-state index in [9.17, 15) is 0 Å². The predicted molar refractivity (Wildman–Crippen MR) is 71.2 cm³/mol. The summed E-state index contributed by atoms with van der Waals surface area (Å²) in [4.78, 5) is 2.38. The highest BCUT2D eigenvalue weighted by Gasteiger charge is 2.25. The number of nitrogens with two attached hydrogens (primary N) is 1. The zero-order valence-electron chi connectivity index (χ0n) is 11.4. The van der Waals surface area contributed by atoms with Gasteiger partial charge in [-0.1, -0.05) is 38.3 Å². The largest absolute Gasteiger partial charge is 0.409 e. The summed E-state index contributed by atoms with van der Waals surface area (Å²) < 4.78 is 0. The van der Waals surface area contributed by atoms with Gasteiger partial charge in [0.05, 0.1) is 0 Å². The number of nitrogens with zero attached hydrogens (tertiary/aromatic N) is 2. The van der Waals surface area contributed by atoms with Crippen molar-refractivity contribution in [1.29, 1.82) is 0 Å². The van der Waals surface area contributed by atoms with Gasteiger partial charge in [-0.05, 0) is 25.8 Å². The molecular formula is C13H27N3O. The summed E-state index contributed by atoms with van der Waals surface area (Å²) in [5.41, 5.74) is 5.62. The summed E-state index contributed by atoms with van der Waals surface area (Å²) >= 11 is 0. The molecule has 1 aliphatic rings. The SMILES string of the molecule is CCC1CCCC(N(C)CC(C)C(N)=NO)C1. The summed E-state index contributed by atoms with van der Waals surface area (Å²) in [6.07, 6.45) is 6.61. The molecule has 17 heavy (non-hydrogen) atoms. The first-order chi connectivity index (χ1) is 8.08. The molecule has 0 aliphatic heterocycles. The van der Waals surface area contributed by atoms with Crippen molar-refractivity contribution < 1.29 is 5.21 Å². The van der Waals surface area contributed by atoms with Gasteiger partial charge in [-0.15, -0.1) is 0 Å². The van der Waals surface area contributed by atoms with Crippen LogP contribution in [0.15, 0.2) is 5.16 Å². The maximum atomic E-state index is 8.65. The van der Waals surface area contributed by atoms with Crippen molar-refractivity contribution in [3.05, 3.63) is 0 Å². The van der Waals surface area contributed by atoms with Crippen LogP contribution in [0.1, 0.15) is 46.0 Å². The van der Waals surface area contributed by atoms with Crippen LogP contribution in [0.4, 0.5) is 0 Å². The number of hydrogen-bond acceptors (Lipinski definition) is 3. The molecule has 4 heteroatoms. The minimum Gasteiger partial charge on any atom is -0.409 e. The highest BCUT2D eigenvalue weighted by molar-refractivity contribution is 5.82. The predicted octanol–water partition coefficient (Wildman–Crippen LogP) is 2.27. The van der Waals surface area contributed by atoms with E-state index < -0.39 is 0 Å². The smallest absolute Gasteiger partial charge is 0.143 e. The van der Waals surface area contributed by atoms with Crippen LogP contribution < -0.4 is 5.73 Å². The average molecular weight is 241 g/mol. The van der Waals surface area contributed by atoms with Crippen LogP contribution in [0.5, 0.6) is 0 Å². The van der Waals surface area contributed by atoms with Crippen molar-refractivity contribution in [2.24, 2.45) is 22.7 Å². The van der Waals surface area contributed by atoms with Crippen molar-refractivity contribution in [1.82, 2.24) is 4.90 Å². The zero-order chi connectivity index (χ0) is 12.8. The molecule has 0 bridgehead atoms. The van der Waals surface area contributed by atoms with E-state index in [1.54, 1.807) is 0 Å². The highest BCUT2D eigenvalue weighted by atomic mass is 16.4. The molecule has 1 saturated carbocycles. The Labute approximate surface area is 105 Å². The van der Waals surface area contributed by atoms with Crippen molar-refractivity contribution in [3.63, 3.8) is 0 Å². The Kier molecular flexibility index (Phi) is 5.75. The monoisotopic (exact) mass is 241 g/mol. The molecule has 0 amide bonds. The molecule has 1 aliphatic carbocycles. The molecule has 1 fully saturated rings. The molecule has 0 saturated heterocycles. The first kappa shape index (κ1) is 14.3. The van der Waals surface area contributed by atoms with Crippen molar-refractivity contribution in [2.45, 2.75) is 52.0 Å². The van der Waals surface area contributed by atoms with Gasteiger partial charge >= 0.3 is 0 Å². The maximum Gasteiger partial charge on any atom is 0.143 e. The van der Waals surface area contributed by atoms with Gasteiger partial charge in [0.2, 0.25) is 0 Å². The molecule has 3 atom stereocenters. The summed E-state index contributed by atoms with van der Waals surface area (Å²) in [5, 5.41) is 11.7. The lowest BCUT2D eigenvalue weighted by Gasteiger charge is -2.36. The van der Waals surface area contributed by atoms with E-state index in [4.69, 9.17) is 10.9 Å². The zero-order valence-corrected chi connectivity index (χ0v) is 11.4. The Bertz CT molecular complexity index is 255. The molecule has 0 radical (unpaired) electrons. The van der Waals surface area contributed by atoms with E-state index in [2.05, 4.69) is 24.0 Å². The second-order valence-corrected chi connectivity index (χ2v) is 5.46. The van der Waals surface area contributed by atoms with Crippen LogP contribution in [-0.4, -0.2) is 35.6 Å². The molecule has 0 aromatic heterocycles. The van der Waals surface area contributed by atoms with Gasteiger partial charge in [-0.3, -0.25) is 0 Å². The van der Waals surface area contributed by atoms with Crippen molar-refractivity contribution >= 4 is 5.84 Å². The third kappa shape index (κ3) is 4.19. The summed E-state index contributed by atoms with van der Waals surface area (Å²) in [7, 11) is 2.16.